The van der Waals surface area contributed by atoms with Crippen molar-refractivity contribution in [2.75, 3.05) is 20.8 Å². The Morgan fingerprint density at radius 2 is 2.00 bits per heavy atom. The monoisotopic (exact) mass is 349 g/mol. The van der Waals surface area contributed by atoms with Crippen LogP contribution in [-0.4, -0.2) is 42.4 Å². The lowest BCUT2D eigenvalue weighted by molar-refractivity contribution is -0.141. The van der Waals surface area contributed by atoms with E-state index in [2.05, 4.69) is 15.2 Å². The Balaban J connectivity index is 2.21. The van der Waals surface area contributed by atoms with Crippen LogP contribution in [-0.2, 0) is 20.9 Å². The molecular weight excluding hydrogens is 333 g/mol. The highest BCUT2D eigenvalue weighted by Gasteiger charge is 2.12. The molecule has 1 amide bonds. The molecule has 0 saturated carbocycles. The molecule has 0 atom stereocenters. The lowest BCUT2D eigenvalue weighted by Gasteiger charge is -2.09. The van der Waals surface area contributed by atoms with Crippen LogP contribution in [0.3, 0.4) is 0 Å². The molecule has 2 aromatic rings. The Morgan fingerprint density at radius 3 is 2.64 bits per heavy atom. The zero-order valence-electron chi connectivity index (χ0n) is 13.6. The zero-order chi connectivity index (χ0) is 18.4. The summed E-state index contributed by atoms with van der Waals surface area (Å²) < 4.78 is 24.3. The Morgan fingerprint density at radius 1 is 1.24 bits per heavy atom. The first kappa shape index (κ1) is 18.1. The average Bonchev–Trinajstić information content (AvgIpc) is 2.61. The SMILES string of the molecule is COC(=O)CNC(=O)Cn1nc(-c2ccc(OC)cc2F)ccc1=O. The molecule has 1 aromatic heterocycles. The molecule has 1 aromatic carbocycles. The average molecular weight is 349 g/mol. The van der Waals surface area contributed by atoms with Crippen molar-refractivity contribution in [3.8, 4) is 17.0 Å². The first-order chi connectivity index (χ1) is 11.9. The maximum atomic E-state index is 14.1. The van der Waals surface area contributed by atoms with Gasteiger partial charge in [0.2, 0.25) is 5.91 Å². The fraction of sp³-hybridized carbons (Fsp3) is 0.250. The number of rotatable bonds is 6. The number of nitrogens with zero attached hydrogens (tertiary/aromatic N) is 2. The molecule has 0 spiro atoms. The number of hydrogen-bond donors (Lipinski definition) is 1. The summed E-state index contributed by atoms with van der Waals surface area (Å²) in [5.74, 6) is -1.46. The largest absolute Gasteiger partial charge is 0.497 e. The second-order valence-electron chi connectivity index (χ2n) is 4.91. The smallest absolute Gasteiger partial charge is 0.325 e. The normalized spacial score (nSPS) is 10.2. The van der Waals surface area contributed by atoms with Gasteiger partial charge in [-0.05, 0) is 18.2 Å². The summed E-state index contributed by atoms with van der Waals surface area (Å²) in [6.07, 6.45) is 0. The molecule has 1 N–H and O–H groups in total. The standard InChI is InChI=1S/C16H16FN3O5/c1-24-10-3-4-11(12(17)7-10)13-5-6-15(22)20(19-13)9-14(21)18-8-16(23)25-2/h3-7H,8-9H2,1-2H3,(H,18,21). The highest BCUT2D eigenvalue weighted by Crippen LogP contribution is 2.23. The van der Waals surface area contributed by atoms with E-state index in [1.165, 1.54) is 38.5 Å². The van der Waals surface area contributed by atoms with Gasteiger partial charge in [-0.15, -0.1) is 0 Å². The molecule has 0 saturated heterocycles. The van der Waals surface area contributed by atoms with Crippen LogP contribution >= 0.6 is 0 Å². The van der Waals surface area contributed by atoms with Crippen molar-refractivity contribution in [2.24, 2.45) is 0 Å². The van der Waals surface area contributed by atoms with Crippen molar-refractivity contribution in [1.82, 2.24) is 15.1 Å². The van der Waals surface area contributed by atoms with Crippen molar-refractivity contribution in [1.29, 1.82) is 0 Å². The van der Waals surface area contributed by atoms with Gasteiger partial charge in [0.1, 0.15) is 24.7 Å². The molecule has 0 aliphatic heterocycles. The van der Waals surface area contributed by atoms with Gasteiger partial charge in [-0.25, -0.2) is 9.07 Å². The van der Waals surface area contributed by atoms with E-state index < -0.39 is 29.8 Å². The number of aromatic nitrogens is 2. The van der Waals surface area contributed by atoms with Crippen LogP contribution < -0.4 is 15.6 Å². The highest BCUT2D eigenvalue weighted by molar-refractivity contribution is 5.81. The Kier molecular flexibility index (Phi) is 5.83. The van der Waals surface area contributed by atoms with Crippen molar-refractivity contribution in [3.63, 3.8) is 0 Å². The topological polar surface area (TPSA) is 99.5 Å². The highest BCUT2D eigenvalue weighted by atomic mass is 19.1. The minimum absolute atomic E-state index is 0.157. The van der Waals surface area contributed by atoms with Crippen molar-refractivity contribution in [2.45, 2.75) is 6.54 Å². The van der Waals surface area contributed by atoms with Crippen molar-refractivity contribution < 1.29 is 23.5 Å². The van der Waals surface area contributed by atoms with E-state index in [0.29, 0.717) is 5.75 Å². The number of esters is 1. The molecule has 0 bridgehead atoms. The van der Waals surface area contributed by atoms with Crippen LogP contribution in [0.2, 0.25) is 0 Å². The van der Waals surface area contributed by atoms with Gasteiger partial charge in [0.15, 0.2) is 0 Å². The van der Waals surface area contributed by atoms with E-state index in [-0.39, 0.29) is 17.8 Å². The summed E-state index contributed by atoms with van der Waals surface area (Å²) in [5, 5.41) is 6.28. The molecule has 0 unspecified atom stereocenters. The first-order valence-electron chi connectivity index (χ1n) is 7.20. The molecule has 0 fully saturated rings. The summed E-state index contributed by atoms with van der Waals surface area (Å²) in [6, 6.07) is 6.74. The Hall–Kier alpha value is -3.23. The molecule has 1 heterocycles. The number of amides is 1. The van der Waals surface area contributed by atoms with Crippen LogP contribution in [0.4, 0.5) is 4.39 Å². The van der Waals surface area contributed by atoms with Gasteiger partial charge in [0, 0.05) is 17.7 Å². The maximum absolute atomic E-state index is 14.1. The molecule has 25 heavy (non-hydrogen) atoms. The number of halogens is 1. The molecule has 9 heteroatoms. The summed E-state index contributed by atoms with van der Waals surface area (Å²) in [5.41, 5.74) is -0.198. The van der Waals surface area contributed by atoms with Crippen molar-refractivity contribution >= 4 is 11.9 Å². The number of hydrogen-bond acceptors (Lipinski definition) is 6. The molecule has 0 aliphatic carbocycles. The third-order valence-electron chi connectivity index (χ3n) is 3.27. The Bertz CT molecular complexity index is 850. The van der Waals surface area contributed by atoms with Gasteiger partial charge < -0.3 is 14.8 Å². The van der Waals surface area contributed by atoms with E-state index in [0.717, 1.165) is 4.68 Å². The zero-order valence-corrected chi connectivity index (χ0v) is 13.6. The van der Waals surface area contributed by atoms with E-state index in [1.807, 2.05) is 0 Å². The molecule has 0 radical (unpaired) electrons. The molecule has 8 nitrogen and oxygen atoms in total. The fourth-order valence-electron chi connectivity index (χ4n) is 1.97. The van der Waals surface area contributed by atoms with Crippen LogP contribution in [0.25, 0.3) is 11.3 Å². The third-order valence-corrected chi connectivity index (χ3v) is 3.27. The van der Waals surface area contributed by atoms with Gasteiger partial charge in [-0.2, -0.15) is 5.10 Å². The molecule has 132 valence electrons. The maximum Gasteiger partial charge on any atom is 0.325 e. The van der Waals surface area contributed by atoms with Crippen LogP contribution in [0, 0.1) is 5.82 Å². The number of nitrogens with one attached hydrogen (secondary N) is 1. The van der Waals surface area contributed by atoms with Gasteiger partial charge >= 0.3 is 5.97 Å². The summed E-state index contributed by atoms with van der Waals surface area (Å²) in [4.78, 5) is 34.6. The van der Waals surface area contributed by atoms with Crippen LogP contribution in [0.5, 0.6) is 5.75 Å². The fourth-order valence-corrected chi connectivity index (χ4v) is 1.97. The summed E-state index contributed by atoms with van der Waals surface area (Å²) >= 11 is 0. The predicted octanol–water partition coefficient (Wildman–Crippen LogP) is 0.347. The van der Waals surface area contributed by atoms with Crippen molar-refractivity contribution in [3.05, 3.63) is 46.5 Å². The molecule has 2 rings (SSSR count). The van der Waals surface area contributed by atoms with Gasteiger partial charge in [0.25, 0.3) is 5.56 Å². The van der Waals surface area contributed by atoms with Crippen LogP contribution in [0.1, 0.15) is 0 Å². The quantitative estimate of drug-likeness (QED) is 0.756. The van der Waals surface area contributed by atoms with E-state index in [9.17, 15) is 18.8 Å². The number of methoxy groups -OCH3 is 2. The van der Waals surface area contributed by atoms with E-state index in [4.69, 9.17) is 4.74 Å². The van der Waals surface area contributed by atoms with Gasteiger partial charge in [-0.1, -0.05) is 0 Å². The number of benzene rings is 1. The minimum atomic E-state index is -0.622. The second kappa shape index (κ2) is 8.04. The summed E-state index contributed by atoms with van der Waals surface area (Å²) in [6.45, 7) is -0.738. The summed E-state index contributed by atoms with van der Waals surface area (Å²) in [7, 11) is 2.60. The second-order valence-corrected chi connectivity index (χ2v) is 4.91. The lowest BCUT2D eigenvalue weighted by atomic mass is 10.1. The van der Waals surface area contributed by atoms with E-state index >= 15 is 0 Å². The molecular formula is C16H16FN3O5. The number of carbonyl (C=O) groups is 2. The van der Waals surface area contributed by atoms with Gasteiger partial charge in [-0.3, -0.25) is 14.4 Å². The van der Waals surface area contributed by atoms with Crippen LogP contribution in [0.15, 0.2) is 35.1 Å². The molecule has 0 aliphatic rings. The predicted molar refractivity (Wildman–Crippen MR) is 85.5 cm³/mol. The van der Waals surface area contributed by atoms with Gasteiger partial charge in [0.05, 0.1) is 19.9 Å². The number of carbonyl (C=O) groups excluding carboxylic acids is 2. The minimum Gasteiger partial charge on any atom is -0.497 e. The first-order valence-corrected chi connectivity index (χ1v) is 7.20. The van der Waals surface area contributed by atoms with E-state index in [1.54, 1.807) is 6.07 Å². The number of ether oxygens (including phenoxy) is 2. The lowest BCUT2D eigenvalue weighted by Crippen LogP contribution is -2.36. The Labute approximate surface area is 142 Å². The third kappa shape index (κ3) is 4.63.